The summed E-state index contributed by atoms with van der Waals surface area (Å²) in [5.41, 5.74) is 6.96. The lowest BCUT2D eigenvalue weighted by molar-refractivity contribution is 0.471. The van der Waals surface area contributed by atoms with E-state index in [2.05, 4.69) is 10.2 Å². The van der Waals surface area contributed by atoms with E-state index in [1.807, 2.05) is 6.07 Å². The Balaban J connectivity index is 2.24. The van der Waals surface area contributed by atoms with E-state index in [4.69, 9.17) is 5.73 Å². The fourth-order valence-electron chi connectivity index (χ4n) is 2.25. The molecule has 0 fully saturated rings. The number of aromatic hydroxyl groups is 1. The van der Waals surface area contributed by atoms with Gasteiger partial charge in [-0.3, -0.25) is 4.55 Å². The lowest BCUT2D eigenvalue weighted by atomic mass is 10.1. The molecular weight excluding hydrogens is 330 g/mol. The lowest BCUT2D eigenvalue weighted by Gasteiger charge is -2.08. The number of fused-ring (bicyclic) bond motifs is 1. The van der Waals surface area contributed by atoms with Crippen molar-refractivity contribution in [1.82, 2.24) is 0 Å². The van der Waals surface area contributed by atoms with Gasteiger partial charge < -0.3 is 10.8 Å². The van der Waals surface area contributed by atoms with Crippen LogP contribution in [-0.2, 0) is 10.1 Å². The van der Waals surface area contributed by atoms with E-state index in [0.29, 0.717) is 11.1 Å². The van der Waals surface area contributed by atoms with Crippen LogP contribution in [0.3, 0.4) is 0 Å². The zero-order valence-corrected chi connectivity index (χ0v) is 13.1. The van der Waals surface area contributed by atoms with Crippen molar-refractivity contribution in [3.63, 3.8) is 0 Å². The smallest absolute Gasteiger partial charge is 0.294 e. The normalized spacial score (nSPS) is 12.0. The average Bonchev–Trinajstić information content (AvgIpc) is 2.54. The number of benzene rings is 3. The van der Waals surface area contributed by atoms with Crippen LogP contribution >= 0.6 is 0 Å². The maximum absolute atomic E-state index is 11.4. The average molecular weight is 343 g/mol. The van der Waals surface area contributed by atoms with Crippen molar-refractivity contribution in [3.05, 3.63) is 54.6 Å². The molecule has 4 N–H and O–H groups in total. The number of hydrogen-bond acceptors (Lipinski definition) is 6. The van der Waals surface area contributed by atoms with Crippen LogP contribution < -0.4 is 5.73 Å². The molecule has 122 valence electrons. The van der Waals surface area contributed by atoms with Gasteiger partial charge in [0.15, 0.2) is 0 Å². The van der Waals surface area contributed by atoms with Crippen LogP contribution in [0, 0.1) is 0 Å². The third kappa shape index (κ3) is 3.05. The van der Waals surface area contributed by atoms with Crippen LogP contribution in [0.15, 0.2) is 69.7 Å². The van der Waals surface area contributed by atoms with Gasteiger partial charge in [0.1, 0.15) is 11.4 Å². The van der Waals surface area contributed by atoms with Crippen molar-refractivity contribution < 1.29 is 18.1 Å². The Hall–Kier alpha value is -2.97. The second kappa shape index (κ2) is 5.91. The molecule has 0 aromatic heterocycles. The van der Waals surface area contributed by atoms with Crippen molar-refractivity contribution in [3.8, 4) is 5.75 Å². The number of nitrogens with zero attached hydrogens (tertiary/aromatic N) is 2. The van der Waals surface area contributed by atoms with Crippen LogP contribution in [0.1, 0.15) is 0 Å². The minimum absolute atomic E-state index is 0.206. The number of nitrogens with two attached hydrogens (primary N) is 1. The minimum Gasteiger partial charge on any atom is -0.507 e. The molecule has 0 saturated carbocycles. The van der Waals surface area contributed by atoms with Gasteiger partial charge in [0.2, 0.25) is 0 Å². The van der Waals surface area contributed by atoms with Crippen molar-refractivity contribution in [2.45, 2.75) is 4.90 Å². The Morgan fingerprint density at radius 1 is 0.917 bits per heavy atom. The number of rotatable bonds is 3. The quantitative estimate of drug-likeness (QED) is 0.379. The number of azo groups is 1. The monoisotopic (exact) mass is 343 g/mol. The third-order valence-corrected chi connectivity index (χ3v) is 4.24. The minimum atomic E-state index is -4.49. The van der Waals surface area contributed by atoms with E-state index in [1.54, 1.807) is 24.3 Å². The molecular formula is C16H13N3O4S. The summed E-state index contributed by atoms with van der Waals surface area (Å²) in [6, 6.07) is 14.1. The third-order valence-electron chi connectivity index (χ3n) is 3.41. The number of phenolic OH excluding ortho intramolecular Hbond substituents is 1. The summed E-state index contributed by atoms with van der Waals surface area (Å²) in [4.78, 5) is -0.450. The molecule has 0 radical (unpaired) electrons. The molecule has 3 aromatic carbocycles. The largest absolute Gasteiger partial charge is 0.507 e. The molecule has 3 aromatic rings. The highest BCUT2D eigenvalue weighted by Crippen LogP contribution is 2.38. The maximum atomic E-state index is 11.4. The molecule has 0 aliphatic rings. The van der Waals surface area contributed by atoms with Crippen LogP contribution in [0.2, 0.25) is 0 Å². The Morgan fingerprint density at radius 3 is 2.29 bits per heavy atom. The number of phenols is 1. The fraction of sp³-hybridized carbons (Fsp3) is 0. The van der Waals surface area contributed by atoms with Crippen LogP contribution in [0.5, 0.6) is 5.75 Å². The number of hydrogen-bond donors (Lipinski definition) is 3. The first-order chi connectivity index (χ1) is 11.4. The zero-order valence-electron chi connectivity index (χ0n) is 12.3. The van der Waals surface area contributed by atoms with Gasteiger partial charge in [-0.2, -0.15) is 13.5 Å². The second-order valence-corrected chi connectivity index (χ2v) is 6.47. The fourth-order valence-corrected chi connectivity index (χ4v) is 2.78. The Kier molecular flexibility index (Phi) is 3.92. The molecule has 0 aliphatic carbocycles. The SMILES string of the molecule is Nc1ccc2c(O)cc(S(=O)(=O)O)cc2c1N=Nc1ccccc1. The maximum Gasteiger partial charge on any atom is 0.294 e. The summed E-state index contributed by atoms with van der Waals surface area (Å²) in [6.45, 7) is 0. The van der Waals surface area contributed by atoms with E-state index in [-0.39, 0.29) is 22.5 Å². The van der Waals surface area contributed by atoms with E-state index in [1.165, 1.54) is 18.2 Å². The number of nitrogen functional groups attached to an aromatic ring is 1. The predicted molar refractivity (Wildman–Crippen MR) is 90.5 cm³/mol. The molecule has 0 bridgehead atoms. The lowest BCUT2D eigenvalue weighted by Crippen LogP contribution is -1.98. The van der Waals surface area contributed by atoms with Crippen molar-refractivity contribution in [2.24, 2.45) is 10.2 Å². The van der Waals surface area contributed by atoms with Crippen LogP contribution in [-0.4, -0.2) is 18.1 Å². The summed E-state index contributed by atoms with van der Waals surface area (Å²) in [6.07, 6.45) is 0. The van der Waals surface area contributed by atoms with E-state index in [9.17, 15) is 18.1 Å². The highest BCUT2D eigenvalue weighted by atomic mass is 32.2. The van der Waals surface area contributed by atoms with Gasteiger partial charge in [-0.15, -0.1) is 5.11 Å². The van der Waals surface area contributed by atoms with E-state index < -0.39 is 15.0 Å². The molecule has 0 unspecified atom stereocenters. The van der Waals surface area contributed by atoms with Gasteiger partial charge in [0, 0.05) is 16.8 Å². The summed E-state index contributed by atoms with van der Waals surface area (Å²) in [5, 5.41) is 18.8. The highest BCUT2D eigenvalue weighted by Gasteiger charge is 2.16. The topological polar surface area (TPSA) is 125 Å². The van der Waals surface area contributed by atoms with Gasteiger partial charge in [-0.25, -0.2) is 0 Å². The van der Waals surface area contributed by atoms with E-state index in [0.717, 1.165) is 6.07 Å². The molecule has 0 amide bonds. The van der Waals surface area contributed by atoms with Crippen molar-refractivity contribution in [2.75, 3.05) is 5.73 Å². The zero-order chi connectivity index (χ0) is 17.3. The second-order valence-electron chi connectivity index (χ2n) is 5.05. The molecule has 0 spiro atoms. The highest BCUT2D eigenvalue weighted by molar-refractivity contribution is 7.85. The molecule has 24 heavy (non-hydrogen) atoms. The van der Waals surface area contributed by atoms with Gasteiger partial charge in [0.05, 0.1) is 16.3 Å². The van der Waals surface area contributed by atoms with Gasteiger partial charge in [0.25, 0.3) is 10.1 Å². The predicted octanol–water partition coefficient (Wildman–Crippen LogP) is 3.79. The van der Waals surface area contributed by atoms with Crippen molar-refractivity contribution in [1.29, 1.82) is 0 Å². The molecule has 0 saturated heterocycles. The molecule has 7 nitrogen and oxygen atoms in total. The van der Waals surface area contributed by atoms with E-state index >= 15 is 0 Å². The van der Waals surface area contributed by atoms with Crippen LogP contribution in [0.4, 0.5) is 17.1 Å². The summed E-state index contributed by atoms with van der Waals surface area (Å²) < 4.78 is 31.9. The molecule has 3 rings (SSSR count). The summed E-state index contributed by atoms with van der Waals surface area (Å²) in [7, 11) is -4.49. The van der Waals surface area contributed by atoms with Gasteiger partial charge >= 0.3 is 0 Å². The molecule has 0 heterocycles. The first kappa shape index (κ1) is 15.9. The summed E-state index contributed by atoms with van der Waals surface area (Å²) >= 11 is 0. The van der Waals surface area contributed by atoms with Crippen LogP contribution in [0.25, 0.3) is 10.8 Å². The first-order valence-corrected chi connectivity index (χ1v) is 8.30. The number of anilines is 1. The Morgan fingerprint density at radius 2 is 1.62 bits per heavy atom. The summed E-state index contributed by atoms with van der Waals surface area (Å²) in [5.74, 6) is -0.309. The molecule has 8 heteroatoms. The Labute approximate surface area is 137 Å². The molecule has 0 aliphatic heterocycles. The van der Waals surface area contributed by atoms with Gasteiger partial charge in [-0.1, -0.05) is 18.2 Å². The standard InChI is InChI=1S/C16H13N3O4S/c17-14-7-6-12-13(8-11(9-15(12)20)24(21,22)23)16(14)19-18-10-4-2-1-3-5-10/h1-9,20H,17H2,(H,21,22,23). The van der Waals surface area contributed by atoms with Crippen molar-refractivity contribution >= 4 is 38.0 Å². The first-order valence-electron chi connectivity index (χ1n) is 6.86. The molecule has 0 atom stereocenters. The van der Waals surface area contributed by atoms with Gasteiger partial charge in [-0.05, 0) is 30.3 Å². The Bertz CT molecular complexity index is 1050.